The van der Waals surface area contributed by atoms with Gasteiger partial charge in [0, 0.05) is 0 Å². The average molecular weight is 349 g/mol. The highest BCUT2D eigenvalue weighted by Gasteiger charge is 2.34. The second kappa shape index (κ2) is 5.54. The Kier molecular flexibility index (Phi) is 4.15. The van der Waals surface area contributed by atoms with Gasteiger partial charge in [0.25, 0.3) is 0 Å². The highest BCUT2D eigenvalue weighted by atomic mass is 79.9. The molecular formula is C14H9BrF4O. The SMILES string of the molecule is OC(c1ccc(Br)c(F)c1)c1ccccc1C(F)(F)F. The summed E-state index contributed by atoms with van der Waals surface area (Å²) in [7, 11) is 0. The Bertz CT molecular complexity index is 625. The van der Waals surface area contributed by atoms with E-state index in [-0.39, 0.29) is 15.6 Å². The predicted molar refractivity (Wildman–Crippen MR) is 69.6 cm³/mol. The van der Waals surface area contributed by atoms with Gasteiger partial charge in [-0.3, -0.25) is 0 Å². The third kappa shape index (κ3) is 3.02. The largest absolute Gasteiger partial charge is 0.416 e. The third-order valence-corrected chi connectivity index (χ3v) is 3.46. The zero-order valence-electron chi connectivity index (χ0n) is 9.96. The number of aliphatic hydroxyl groups is 1. The average Bonchev–Trinajstić information content (AvgIpc) is 2.40. The lowest BCUT2D eigenvalue weighted by molar-refractivity contribution is -0.139. The maximum atomic E-state index is 13.4. The molecule has 1 nitrogen and oxygen atoms in total. The number of rotatable bonds is 2. The van der Waals surface area contributed by atoms with E-state index in [1.54, 1.807) is 0 Å². The molecule has 0 saturated heterocycles. The van der Waals surface area contributed by atoms with Crippen LogP contribution >= 0.6 is 15.9 Å². The molecule has 1 N–H and O–H groups in total. The fourth-order valence-corrected chi connectivity index (χ4v) is 2.10. The van der Waals surface area contributed by atoms with Crippen molar-refractivity contribution in [2.45, 2.75) is 12.3 Å². The summed E-state index contributed by atoms with van der Waals surface area (Å²) >= 11 is 2.94. The van der Waals surface area contributed by atoms with E-state index in [1.165, 1.54) is 30.3 Å². The Balaban J connectivity index is 2.48. The quantitative estimate of drug-likeness (QED) is 0.780. The Morgan fingerprint density at radius 1 is 1.05 bits per heavy atom. The summed E-state index contributed by atoms with van der Waals surface area (Å²) in [5.41, 5.74) is -1.18. The lowest BCUT2D eigenvalue weighted by Gasteiger charge is -2.18. The van der Waals surface area contributed by atoms with Gasteiger partial charge in [-0.15, -0.1) is 0 Å². The zero-order valence-corrected chi connectivity index (χ0v) is 11.5. The Labute approximate surface area is 121 Å². The molecule has 0 bridgehead atoms. The molecule has 0 spiro atoms. The Morgan fingerprint density at radius 2 is 1.70 bits per heavy atom. The molecule has 0 heterocycles. The fourth-order valence-electron chi connectivity index (χ4n) is 1.86. The van der Waals surface area contributed by atoms with Crippen LogP contribution in [0.3, 0.4) is 0 Å². The van der Waals surface area contributed by atoms with E-state index in [0.717, 1.165) is 12.1 Å². The first-order chi connectivity index (χ1) is 9.30. The summed E-state index contributed by atoms with van der Waals surface area (Å²) in [4.78, 5) is 0. The van der Waals surface area contributed by atoms with Gasteiger partial charge in [0.1, 0.15) is 11.9 Å². The molecule has 2 aromatic rings. The molecule has 0 saturated carbocycles. The molecule has 0 fully saturated rings. The summed E-state index contributed by atoms with van der Waals surface area (Å²) in [6.45, 7) is 0. The zero-order chi connectivity index (χ0) is 14.9. The molecule has 1 atom stereocenters. The van der Waals surface area contributed by atoms with Gasteiger partial charge < -0.3 is 5.11 Å². The molecule has 20 heavy (non-hydrogen) atoms. The second-order valence-electron chi connectivity index (χ2n) is 4.16. The molecule has 1 unspecified atom stereocenters. The highest BCUT2D eigenvalue weighted by molar-refractivity contribution is 9.10. The third-order valence-electron chi connectivity index (χ3n) is 2.82. The first-order valence-electron chi connectivity index (χ1n) is 5.60. The first-order valence-corrected chi connectivity index (χ1v) is 6.39. The molecule has 0 aliphatic rings. The topological polar surface area (TPSA) is 20.2 Å². The number of hydrogen-bond acceptors (Lipinski definition) is 1. The maximum Gasteiger partial charge on any atom is 0.416 e. The molecule has 0 amide bonds. The van der Waals surface area contributed by atoms with Crippen LogP contribution in [0.2, 0.25) is 0 Å². The van der Waals surface area contributed by atoms with Crippen LogP contribution in [-0.4, -0.2) is 5.11 Å². The minimum Gasteiger partial charge on any atom is -0.384 e. The van der Waals surface area contributed by atoms with Crippen molar-refractivity contribution in [3.63, 3.8) is 0 Å². The van der Waals surface area contributed by atoms with Gasteiger partial charge in [0.05, 0.1) is 10.0 Å². The van der Waals surface area contributed by atoms with Gasteiger partial charge in [-0.2, -0.15) is 13.2 Å². The molecule has 2 rings (SSSR count). The Hall–Kier alpha value is -1.40. The van der Waals surface area contributed by atoms with Gasteiger partial charge in [-0.25, -0.2) is 4.39 Å². The summed E-state index contributed by atoms with van der Waals surface area (Å²) < 4.78 is 52.2. The molecule has 106 valence electrons. The van der Waals surface area contributed by atoms with Crippen LogP contribution in [0.5, 0.6) is 0 Å². The molecule has 0 radical (unpaired) electrons. The number of alkyl halides is 3. The molecule has 0 aliphatic carbocycles. The summed E-state index contributed by atoms with van der Waals surface area (Å²) in [5, 5.41) is 10.1. The molecule has 2 aromatic carbocycles. The monoisotopic (exact) mass is 348 g/mol. The normalized spacial score (nSPS) is 13.3. The van der Waals surface area contributed by atoms with Crippen molar-refractivity contribution in [1.29, 1.82) is 0 Å². The van der Waals surface area contributed by atoms with Crippen molar-refractivity contribution < 1.29 is 22.7 Å². The lowest BCUT2D eigenvalue weighted by Crippen LogP contribution is -2.12. The van der Waals surface area contributed by atoms with Crippen LogP contribution < -0.4 is 0 Å². The standard InChI is InChI=1S/C14H9BrF4O/c15-11-6-5-8(7-12(11)16)13(20)9-3-1-2-4-10(9)14(17,18)19/h1-7,13,20H. The van der Waals surface area contributed by atoms with Crippen LogP contribution in [0.4, 0.5) is 17.6 Å². The number of aliphatic hydroxyl groups excluding tert-OH is 1. The molecule has 6 heteroatoms. The van der Waals surface area contributed by atoms with E-state index < -0.39 is 23.7 Å². The van der Waals surface area contributed by atoms with Crippen molar-refractivity contribution in [3.05, 3.63) is 69.4 Å². The molecule has 0 aliphatic heterocycles. The highest BCUT2D eigenvalue weighted by Crippen LogP contribution is 2.36. The van der Waals surface area contributed by atoms with Gasteiger partial charge in [-0.05, 0) is 45.3 Å². The summed E-state index contributed by atoms with van der Waals surface area (Å²) in [6.07, 6.45) is -6.12. The van der Waals surface area contributed by atoms with Crippen molar-refractivity contribution in [3.8, 4) is 0 Å². The van der Waals surface area contributed by atoms with E-state index in [1.807, 2.05) is 0 Å². The number of halogens is 5. The number of benzene rings is 2. The maximum absolute atomic E-state index is 13.4. The van der Waals surface area contributed by atoms with Crippen LogP contribution in [0.25, 0.3) is 0 Å². The van der Waals surface area contributed by atoms with Crippen molar-refractivity contribution in [2.75, 3.05) is 0 Å². The lowest BCUT2D eigenvalue weighted by atomic mass is 9.96. The molecular weight excluding hydrogens is 340 g/mol. The fraction of sp³-hybridized carbons (Fsp3) is 0.143. The van der Waals surface area contributed by atoms with Crippen molar-refractivity contribution >= 4 is 15.9 Å². The van der Waals surface area contributed by atoms with Crippen LogP contribution in [-0.2, 0) is 6.18 Å². The molecule has 0 aromatic heterocycles. The van der Waals surface area contributed by atoms with Gasteiger partial charge in [0.2, 0.25) is 0 Å². The smallest absolute Gasteiger partial charge is 0.384 e. The van der Waals surface area contributed by atoms with Crippen molar-refractivity contribution in [1.82, 2.24) is 0 Å². The predicted octanol–water partition coefficient (Wildman–Crippen LogP) is 4.69. The van der Waals surface area contributed by atoms with Crippen LogP contribution in [0.15, 0.2) is 46.9 Å². The Morgan fingerprint density at radius 3 is 2.30 bits per heavy atom. The van der Waals surface area contributed by atoms with Crippen LogP contribution in [0, 0.1) is 5.82 Å². The minimum absolute atomic E-state index is 0.0578. The number of hydrogen-bond donors (Lipinski definition) is 1. The van der Waals surface area contributed by atoms with Crippen LogP contribution in [0.1, 0.15) is 22.8 Å². The van der Waals surface area contributed by atoms with E-state index in [9.17, 15) is 22.7 Å². The second-order valence-corrected chi connectivity index (χ2v) is 5.02. The minimum atomic E-state index is -4.58. The first kappa shape index (κ1) is 15.0. The van der Waals surface area contributed by atoms with E-state index in [0.29, 0.717) is 0 Å². The summed E-state index contributed by atoms with van der Waals surface area (Å²) in [5.74, 6) is -0.647. The van der Waals surface area contributed by atoms with Gasteiger partial charge in [0.15, 0.2) is 0 Å². The van der Waals surface area contributed by atoms with E-state index >= 15 is 0 Å². The van der Waals surface area contributed by atoms with Gasteiger partial charge >= 0.3 is 6.18 Å². The summed E-state index contributed by atoms with van der Waals surface area (Å²) in [6, 6.07) is 8.39. The van der Waals surface area contributed by atoms with Crippen molar-refractivity contribution in [2.24, 2.45) is 0 Å². The van der Waals surface area contributed by atoms with E-state index in [2.05, 4.69) is 15.9 Å². The van der Waals surface area contributed by atoms with E-state index in [4.69, 9.17) is 0 Å². The van der Waals surface area contributed by atoms with Gasteiger partial charge in [-0.1, -0.05) is 24.3 Å².